The molecule has 3 rings (SSSR count). The zero-order valence-electron chi connectivity index (χ0n) is 17.2. The number of benzene rings is 1. The Morgan fingerprint density at radius 2 is 1.79 bits per heavy atom. The first kappa shape index (κ1) is 20.9. The lowest BCUT2D eigenvalue weighted by Crippen LogP contribution is -2.51. The molecule has 2 saturated heterocycles. The van der Waals surface area contributed by atoms with E-state index in [2.05, 4.69) is 17.0 Å². The maximum atomic E-state index is 11.9. The monoisotopic (exact) mass is 390 g/mol. The van der Waals surface area contributed by atoms with E-state index in [0.29, 0.717) is 12.6 Å². The number of ether oxygens (including phenoxy) is 2. The van der Waals surface area contributed by atoms with E-state index in [-0.39, 0.29) is 18.1 Å². The molecular formula is C22H34N2O4. The lowest BCUT2D eigenvalue weighted by Gasteiger charge is -2.45. The van der Waals surface area contributed by atoms with Crippen LogP contribution in [0.2, 0.25) is 0 Å². The van der Waals surface area contributed by atoms with Crippen molar-refractivity contribution in [2.24, 2.45) is 5.41 Å². The number of carbonyl (C=O) groups is 1. The van der Waals surface area contributed by atoms with Gasteiger partial charge in [0.15, 0.2) is 0 Å². The number of piperidine rings is 2. The Labute approximate surface area is 168 Å². The van der Waals surface area contributed by atoms with Crippen molar-refractivity contribution < 1.29 is 19.4 Å². The van der Waals surface area contributed by atoms with Gasteiger partial charge < -0.3 is 24.4 Å². The molecule has 1 amide bonds. The Morgan fingerprint density at radius 1 is 1.14 bits per heavy atom. The van der Waals surface area contributed by atoms with Crippen molar-refractivity contribution in [3.05, 3.63) is 29.8 Å². The Balaban J connectivity index is 1.50. The SMILES string of the molecule is CCOC(=O)N1CCC(N2CCC(CO)(Cc3ccc(OC)cc3)CC2)CC1. The maximum absolute atomic E-state index is 11.9. The summed E-state index contributed by atoms with van der Waals surface area (Å²) in [5, 5.41) is 10.1. The van der Waals surface area contributed by atoms with Crippen LogP contribution < -0.4 is 4.74 Å². The quantitative estimate of drug-likeness (QED) is 0.809. The van der Waals surface area contributed by atoms with Crippen LogP contribution in [0.4, 0.5) is 4.79 Å². The number of nitrogens with zero attached hydrogens (tertiary/aromatic N) is 2. The van der Waals surface area contributed by atoms with Crippen LogP contribution in [-0.2, 0) is 11.2 Å². The van der Waals surface area contributed by atoms with Crippen molar-refractivity contribution in [2.75, 3.05) is 46.5 Å². The van der Waals surface area contributed by atoms with Crippen molar-refractivity contribution in [1.82, 2.24) is 9.80 Å². The molecule has 1 aromatic carbocycles. The minimum atomic E-state index is -0.182. The van der Waals surface area contributed by atoms with Gasteiger partial charge in [-0.1, -0.05) is 12.1 Å². The zero-order valence-corrected chi connectivity index (χ0v) is 17.2. The van der Waals surface area contributed by atoms with Crippen LogP contribution in [0.25, 0.3) is 0 Å². The van der Waals surface area contributed by atoms with E-state index in [4.69, 9.17) is 9.47 Å². The van der Waals surface area contributed by atoms with Gasteiger partial charge in [0, 0.05) is 25.7 Å². The molecule has 2 aliphatic heterocycles. The average molecular weight is 391 g/mol. The highest BCUT2D eigenvalue weighted by Crippen LogP contribution is 2.36. The molecule has 0 aliphatic carbocycles. The predicted octanol–water partition coefficient (Wildman–Crippen LogP) is 2.93. The summed E-state index contributed by atoms with van der Waals surface area (Å²) < 4.78 is 10.4. The fraction of sp³-hybridized carbons (Fsp3) is 0.682. The first-order chi connectivity index (χ1) is 13.6. The predicted molar refractivity (Wildman–Crippen MR) is 109 cm³/mol. The number of methoxy groups -OCH3 is 1. The number of likely N-dealkylation sites (tertiary alicyclic amines) is 2. The third kappa shape index (κ3) is 4.97. The summed E-state index contributed by atoms with van der Waals surface area (Å²) in [5.41, 5.74) is 1.22. The van der Waals surface area contributed by atoms with Gasteiger partial charge in [-0.3, -0.25) is 0 Å². The molecule has 2 fully saturated rings. The summed E-state index contributed by atoms with van der Waals surface area (Å²) in [5.74, 6) is 0.866. The van der Waals surface area contributed by atoms with Crippen molar-refractivity contribution in [1.29, 1.82) is 0 Å². The Bertz CT molecular complexity index is 618. The Morgan fingerprint density at radius 3 is 2.32 bits per heavy atom. The van der Waals surface area contributed by atoms with Gasteiger partial charge in [0.25, 0.3) is 0 Å². The summed E-state index contributed by atoms with van der Waals surface area (Å²) in [7, 11) is 1.68. The number of amides is 1. The van der Waals surface area contributed by atoms with Gasteiger partial charge in [-0.05, 0) is 75.2 Å². The fourth-order valence-electron chi connectivity index (χ4n) is 4.56. The van der Waals surface area contributed by atoms with E-state index in [1.54, 1.807) is 7.11 Å². The van der Waals surface area contributed by atoms with E-state index in [1.807, 2.05) is 24.0 Å². The lowest BCUT2D eigenvalue weighted by atomic mass is 9.74. The third-order valence-electron chi connectivity index (χ3n) is 6.44. The van der Waals surface area contributed by atoms with Crippen LogP contribution in [-0.4, -0.2) is 73.5 Å². The van der Waals surface area contributed by atoms with Crippen LogP contribution >= 0.6 is 0 Å². The Hall–Kier alpha value is -1.79. The third-order valence-corrected chi connectivity index (χ3v) is 6.44. The highest BCUT2D eigenvalue weighted by molar-refractivity contribution is 5.67. The average Bonchev–Trinajstić information content (AvgIpc) is 2.75. The molecule has 1 aromatic rings. The molecule has 2 heterocycles. The molecule has 0 atom stereocenters. The lowest BCUT2D eigenvalue weighted by molar-refractivity contribution is 0.0116. The normalized spacial score (nSPS) is 20.8. The maximum Gasteiger partial charge on any atom is 0.409 e. The van der Waals surface area contributed by atoms with Crippen LogP contribution in [0.3, 0.4) is 0 Å². The van der Waals surface area contributed by atoms with Gasteiger partial charge in [0.2, 0.25) is 0 Å². The van der Waals surface area contributed by atoms with Gasteiger partial charge in [-0.15, -0.1) is 0 Å². The number of aliphatic hydroxyl groups is 1. The molecule has 1 N–H and O–H groups in total. The van der Waals surface area contributed by atoms with Crippen LogP contribution in [0.5, 0.6) is 5.75 Å². The molecule has 156 valence electrons. The van der Waals surface area contributed by atoms with Gasteiger partial charge in [-0.25, -0.2) is 4.79 Å². The van der Waals surface area contributed by atoms with Crippen LogP contribution in [0.15, 0.2) is 24.3 Å². The van der Waals surface area contributed by atoms with Crippen molar-refractivity contribution in [3.8, 4) is 5.75 Å². The Kier molecular flexibility index (Phi) is 7.18. The van der Waals surface area contributed by atoms with Crippen LogP contribution in [0, 0.1) is 5.41 Å². The summed E-state index contributed by atoms with van der Waals surface area (Å²) in [6.07, 6.45) is 4.75. The van der Waals surface area contributed by atoms with Gasteiger partial charge in [0.05, 0.1) is 13.7 Å². The zero-order chi connectivity index (χ0) is 20.0. The number of rotatable bonds is 6. The molecule has 28 heavy (non-hydrogen) atoms. The number of hydrogen-bond acceptors (Lipinski definition) is 5. The standard InChI is InChI=1S/C22H34N2O4/c1-3-28-21(26)24-12-8-19(9-13-24)23-14-10-22(17-25,11-15-23)16-18-4-6-20(27-2)7-5-18/h4-7,19,25H,3,8-17H2,1-2H3. The molecule has 0 spiro atoms. The van der Waals surface area contributed by atoms with E-state index >= 15 is 0 Å². The number of carbonyl (C=O) groups excluding carboxylic acids is 1. The second kappa shape index (κ2) is 9.61. The molecular weight excluding hydrogens is 356 g/mol. The topological polar surface area (TPSA) is 62.2 Å². The summed E-state index contributed by atoms with van der Waals surface area (Å²) >= 11 is 0. The molecule has 0 aromatic heterocycles. The fourth-order valence-corrected chi connectivity index (χ4v) is 4.56. The first-order valence-corrected chi connectivity index (χ1v) is 10.5. The molecule has 0 bridgehead atoms. The van der Waals surface area contributed by atoms with E-state index in [9.17, 15) is 9.90 Å². The van der Waals surface area contributed by atoms with Crippen molar-refractivity contribution in [2.45, 2.75) is 45.1 Å². The summed E-state index contributed by atoms with van der Waals surface area (Å²) in [4.78, 5) is 16.3. The van der Waals surface area contributed by atoms with Gasteiger partial charge >= 0.3 is 6.09 Å². The van der Waals surface area contributed by atoms with Crippen LogP contribution in [0.1, 0.15) is 38.2 Å². The summed E-state index contributed by atoms with van der Waals surface area (Å²) in [6, 6.07) is 8.73. The van der Waals surface area contributed by atoms with Gasteiger partial charge in [0.1, 0.15) is 5.75 Å². The van der Waals surface area contributed by atoms with E-state index < -0.39 is 0 Å². The molecule has 0 radical (unpaired) electrons. The molecule has 0 saturated carbocycles. The molecule has 0 unspecified atom stereocenters. The molecule has 2 aliphatic rings. The number of hydrogen-bond donors (Lipinski definition) is 1. The minimum absolute atomic E-state index is 0.0310. The molecule has 6 nitrogen and oxygen atoms in total. The number of aliphatic hydroxyl groups excluding tert-OH is 1. The smallest absolute Gasteiger partial charge is 0.409 e. The van der Waals surface area contributed by atoms with Crippen molar-refractivity contribution >= 4 is 6.09 Å². The highest BCUT2D eigenvalue weighted by Gasteiger charge is 2.37. The second-order valence-corrected chi connectivity index (χ2v) is 8.14. The van der Waals surface area contributed by atoms with Crippen molar-refractivity contribution in [3.63, 3.8) is 0 Å². The minimum Gasteiger partial charge on any atom is -0.497 e. The second-order valence-electron chi connectivity index (χ2n) is 8.14. The van der Waals surface area contributed by atoms with E-state index in [1.165, 1.54) is 5.56 Å². The first-order valence-electron chi connectivity index (χ1n) is 10.5. The highest BCUT2D eigenvalue weighted by atomic mass is 16.6. The molecule has 6 heteroatoms. The largest absolute Gasteiger partial charge is 0.497 e. The summed E-state index contributed by atoms with van der Waals surface area (Å²) in [6.45, 7) is 6.09. The van der Waals surface area contributed by atoms with E-state index in [0.717, 1.165) is 64.0 Å². The van der Waals surface area contributed by atoms with Gasteiger partial charge in [-0.2, -0.15) is 0 Å².